The largest absolute Gasteiger partial charge is 0.469 e. The number of carbonyl (C=O) groups excluding carboxylic acids is 1. The fraction of sp³-hybridized carbons (Fsp3) is 0.500. The van der Waals surface area contributed by atoms with Gasteiger partial charge in [0.05, 0.1) is 19.7 Å². The Hall–Kier alpha value is -1.58. The lowest BCUT2D eigenvalue weighted by molar-refractivity contribution is -0.139. The fourth-order valence-corrected chi connectivity index (χ4v) is 1.31. The number of hydrogen-bond acceptors (Lipinski definition) is 3. The maximum absolute atomic E-state index is 10.9. The molecule has 0 unspecified atom stereocenters. The Morgan fingerprint density at radius 3 is 3.00 bits per heavy atom. The summed E-state index contributed by atoms with van der Waals surface area (Å²) in [6.07, 6.45) is 7.71. The second kappa shape index (κ2) is 6.10. The summed E-state index contributed by atoms with van der Waals surface area (Å²) in [5.74, 6) is 0.345. The van der Waals surface area contributed by atoms with E-state index in [2.05, 4.69) is 23.7 Å². The van der Waals surface area contributed by atoms with E-state index < -0.39 is 0 Å². The van der Waals surface area contributed by atoms with Crippen molar-refractivity contribution in [2.45, 2.75) is 26.8 Å². The van der Waals surface area contributed by atoms with Gasteiger partial charge in [0, 0.05) is 18.3 Å². The number of esters is 1. The van der Waals surface area contributed by atoms with Gasteiger partial charge in [-0.25, -0.2) is 0 Å². The molecular weight excluding hydrogens is 204 g/mol. The Balaban J connectivity index is 2.48. The van der Waals surface area contributed by atoms with Crippen LogP contribution in [0.5, 0.6) is 0 Å². The van der Waals surface area contributed by atoms with Gasteiger partial charge in [0.1, 0.15) is 0 Å². The monoisotopic (exact) mass is 222 g/mol. The highest BCUT2D eigenvalue weighted by molar-refractivity contribution is 5.72. The van der Waals surface area contributed by atoms with Crippen molar-refractivity contribution >= 4 is 12.0 Å². The molecule has 0 N–H and O–H groups in total. The highest BCUT2D eigenvalue weighted by Gasteiger charge is 1.99. The van der Waals surface area contributed by atoms with Gasteiger partial charge >= 0.3 is 5.97 Å². The quantitative estimate of drug-likeness (QED) is 0.717. The minimum atomic E-state index is -0.231. The number of rotatable bonds is 5. The van der Waals surface area contributed by atoms with E-state index in [0.29, 0.717) is 12.3 Å². The first-order valence-electron chi connectivity index (χ1n) is 5.37. The van der Waals surface area contributed by atoms with Gasteiger partial charge < -0.3 is 4.74 Å². The third-order valence-electron chi connectivity index (χ3n) is 2.03. The smallest absolute Gasteiger partial charge is 0.309 e. The van der Waals surface area contributed by atoms with E-state index in [1.54, 1.807) is 12.3 Å². The molecule has 0 aliphatic carbocycles. The number of carbonyl (C=O) groups is 1. The van der Waals surface area contributed by atoms with Gasteiger partial charge in [0.25, 0.3) is 0 Å². The van der Waals surface area contributed by atoms with Crippen molar-refractivity contribution in [1.82, 2.24) is 9.78 Å². The number of hydrogen-bond donors (Lipinski definition) is 0. The molecule has 4 nitrogen and oxygen atoms in total. The highest BCUT2D eigenvalue weighted by atomic mass is 16.5. The SMILES string of the molecule is COC(=O)CC=Cc1cnn(CC(C)C)c1. The zero-order valence-corrected chi connectivity index (χ0v) is 10.0. The third-order valence-corrected chi connectivity index (χ3v) is 2.03. The van der Waals surface area contributed by atoms with Crippen LogP contribution in [0.3, 0.4) is 0 Å². The maximum atomic E-state index is 10.9. The Kier molecular flexibility index (Phi) is 4.76. The summed E-state index contributed by atoms with van der Waals surface area (Å²) in [7, 11) is 1.39. The van der Waals surface area contributed by atoms with Gasteiger partial charge in [-0.1, -0.05) is 26.0 Å². The molecule has 88 valence electrons. The minimum Gasteiger partial charge on any atom is -0.469 e. The van der Waals surface area contributed by atoms with Gasteiger partial charge in [-0.3, -0.25) is 9.48 Å². The first-order valence-corrected chi connectivity index (χ1v) is 5.37. The van der Waals surface area contributed by atoms with Crippen molar-refractivity contribution in [2.24, 2.45) is 5.92 Å². The topological polar surface area (TPSA) is 44.1 Å². The summed E-state index contributed by atoms with van der Waals surface area (Å²) in [5, 5.41) is 4.22. The molecule has 1 heterocycles. The van der Waals surface area contributed by atoms with E-state index >= 15 is 0 Å². The van der Waals surface area contributed by atoms with Gasteiger partial charge in [0.2, 0.25) is 0 Å². The average molecular weight is 222 g/mol. The molecule has 1 aromatic rings. The molecule has 0 aromatic carbocycles. The Labute approximate surface area is 95.9 Å². The first-order chi connectivity index (χ1) is 7.61. The molecular formula is C12H18N2O2. The number of methoxy groups -OCH3 is 1. The Bertz CT molecular complexity index is 367. The van der Waals surface area contributed by atoms with Gasteiger partial charge in [-0.15, -0.1) is 0 Å². The molecule has 0 saturated carbocycles. The highest BCUT2D eigenvalue weighted by Crippen LogP contribution is 2.04. The predicted octanol–water partition coefficient (Wildman–Crippen LogP) is 2.12. The lowest BCUT2D eigenvalue weighted by Crippen LogP contribution is -2.03. The van der Waals surface area contributed by atoms with E-state index in [0.717, 1.165) is 12.1 Å². The van der Waals surface area contributed by atoms with E-state index in [-0.39, 0.29) is 5.97 Å². The van der Waals surface area contributed by atoms with Crippen LogP contribution in [0.15, 0.2) is 18.5 Å². The van der Waals surface area contributed by atoms with Crippen LogP contribution < -0.4 is 0 Å². The van der Waals surface area contributed by atoms with Crippen molar-refractivity contribution in [3.63, 3.8) is 0 Å². The van der Waals surface area contributed by atoms with Crippen LogP contribution >= 0.6 is 0 Å². The molecule has 0 aliphatic heterocycles. The average Bonchev–Trinajstić information content (AvgIpc) is 2.64. The molecule has 1 rings (SSSR count). The Morgan fingerprint density at radius 2 is 2.38 bits per heavy atom. The lowest BCUT2D eigenvalue weighted by Gasteiger charge is -2.02. The summed E-state index contributed by atoms with van der Waals surface area (Å²) >= 11 is 0. The van der Waals surface area contributed by atoms with Crippen molar-refractivity contribution in [1.29, 1.82) is 0 Å². The zero-order chi connectivity index (χ0) is 12.0. The van der Waals surface area contributed by atoms with Gasteiger partial charge in [-0.2, -0.15) is 5.10 Å². The summed E-state index contributed by atoms with van der Waals surface area (Å²) in [6.45, 7) is 5.20. The van der Waals surface area contributed by atoms with E-state index in [1.165, 1.54) is 7.11 Å². The summed E-state index contributed by atoms with van der Waals surface area (Å²) in [6, 6.07) is 0. The van der Waals surface area contributed by atoms with Crippen LogP contribution in [0.25, 0.3) is 6.08 Å². The maximum Gasteiger partial charge on any atom is 0.309 e. The molecule has 16 heavy (non-hydrogen) atoms. The first kappa shape index (κ1) is 12.5. The second-order valence-electron chi connectivity index (χ2n) is 4.07. The molecule has 4 heteroatoms. The van der Waals surface area contributed by atoms with Crippen LogP contribution in [-0.4, -0.2) is 22.9 Å². The van der Waals surface area contributed by atoms with E-state index in [9.17, 15) is 4.79 Å². The molecule has 0 fully saturated rings. The number of nitrogens with zero attached hydrogens (tertiary/aromatic N) is 2. The van der Waals surface area contributed by atoms with E-state index in [1.807, 2.05) is 17.0 Å². The number of aromatic nitrogens is 2. The molecule has 0 radical (unpaired) electrons. The van der Waals surface area contributed by atoms with Crippen LogP contribution in [-0.2, 0) is 16.1 Å². The Morgan fingerprint density at radius 1 is 1.62 bits per heavy atom. The summed E-state index contributed by atoms with van der Waals surface area (Å²) in [4.78, 5) is 10.9. The van der Waals surface area contributed by atoms with Crippen molar-refractivity contribution in [2.75, 3.05) is 7.11 Å². The molecule has 0 atom stereocenters. The molecule has 0 spiro atoms. The normalized spacial score (nSPS) is 11.2. The third kappa shape index (κ3) is 4.29. The van der Waals surface area contributed by atoms with Crippen LogP contribution in [0.1, 0.15) is 25.8 Å². The van der Waals surface area contributed by atoms with Gasteiger partial charge in [0.15, 0.2) is 0 Å². The summed E-state index contributed by atoms with van der Waals surface area (Å²) < 4.78 is 6.44. The molecule has 0 aliphatic rings. The molecule has 0 saturated heterocycles. The van der Waals surface area contributed by atoms with Gasteiger partial charge in [-0.05, 0) is 5.92 Å². The zero-order valence-electron chi connectivity index (χ0n) is 10.0. The minimum absolute atomic E-state index is 0.231. The predicted molar refractivity (Wildman–Crippen MR) is 62.7 cm³/mol. The van der Waals surface area contributed by atoms with Crippen LogP contribution in [0.4, 0.5) is 0 Å². The molecule has 0 amide bonds. The second-order valence-corrected chi connectivity index (χ2v) is 4.07. The van der Waals surface area contributed by atoms with Crippen molar-refractivity contribution in [3.8, 4) is 0 Å². The van der Waals surface area contributed by atoms with E-state index in [4.69, 9.17) is 0 Å². The lowest BCUT2D eigenvalue weighted by atomic mass is 10.2. The summed E-state index contributed by atoms with van der Waals surface area (Å²) in [5.41, 5.74) is 1.00. The number of ether oxygens (including phenoxy) is 1. The van der Waals surface area contributed by atoms with Crippen molar-refractivity contribution < 1.29 is 9.53 Å². The fourth-order valence-electron chi connectivity index (χ4n) is 1.31. The molecule has 1 aromatic heterocycles. The standard InChI is InChI=1S/C12H18N2O2/c1-10(2)8-14-9-11(7-13-14)5-4-6-12(15)16-3/h4-5,7,9-10H,6,8H2,1-3H3. The molecule has 0 bridgehead atoms. The van der Waals surface area contributed by atoms with Crippen LogP contribution in [0, 0.1) is 5.92 Å². The van der Waals surface area contributed by atoms with Crippen molar-refractivity contribution in [3.05, 3.63) is 24.0 Å². The van der Waals surface area contributed by atoms with Crippen LogP contribution in [0.2, 0.25) is 0 Å².